The van der Waals surface area contributed by atoms with Crippen LogP contribution < -0.4 is 5.32 Å². The van der Waals surface area contributed by atoms with Gasteiger partial charge in [-0.25, -0.2) is 0 Å². The number of aromatic nitrogens is 1. The predicted octanol–water partition coefficient (Wildman–Crippen LogP) is 2.90. The normalized spacial score (nSPS) is 10.8. The number of carbonyl (C=O) groups is 1. The lowest BCUT2D eigenvalue weighted by Crippen LogP contribution is -2.40. The van der Waals surface area contributed by atoms with Crippen molar-refractivity contribution in [2.45, 2.75) is 32.9 Å². The van der Waals surface area contributed by atoms with E-state index in [9.17, 15) is 4.79 Å². The van der Waals surface area contributed by atoms with Crippen LogP contribution >= 0.6 is 0 Å². The number of rotatable bonds is 12. The quantitative estimate of drug-likeness (QED) is 0.594. The second kappa shape index (κ2) is 11.5. The van der Waals surface area contributed by atoms with Gasteiger partial charge in [0, 0.05) is 32.1 Å². The molecule has 142 valence electrons. The zero-order valence-corrected chi connectivity index (χ0v) is 16.0. The Kier molecular flexibility index (Phi) is 8.93. The van der Waals surface area contributed by atoms with Crippen LogP contribution in [0.25, 0.3) is 0 Å². The van der Waals surface area contributed by atoms with Crippen molar-refractivity contribution in [3.63, 3.8) is 0 Å². The van der Waals surface area contributed by atoms with Gasteiger partial charge in [-0.15, -0.1) is 0 Å². The molecule has 1 N–H and O–H groups in total. The molecule has 1 heterocycles. The van der Waals surface area contributed by atoms with Crippen LogP contribution in [0, 0.1) is 0 Å². The first-order valence-corrected chi connectivity index (χ1v) is 9.40. The van der Waals surface area contributed by atoms with Crippen molar-refractivity contribution in [2.75, 3.05) is 33.4 Å². The number of hydrogen-bond acceptors (Lipinski definition) is 3. The first-order chi connectivity index (χ1) is 12.7. The summed E-state index contributed by atoms with van der Waals surface area (Å²) < 4.78 is 7.39. The molecule has 2 rings (SSSR count). The molecule has 0 saturated carbocycles. The first kappa shape index (κ1) is 20.2. The van der Waals surface area contributed by atoms with Gasteiger partial charge in [0.2, 0.25) is 5.91 Å². The molecule has 0 atom stereocenters. The number of ether oxygens (including phenoxy) is 1. The van der Waals surface area contributed by atoms with Crippen LogP contribution in [0.5, 0.6) is 0 Å². The van der Waals surface area contributed by atoms with E-state index in [1.807, 2.05) is 17.0 Å². The van der Waals surface area contributed by atoms with Crippen molar-refractivity contribution in [3.8, 4) is 0 Å². The van der Waals surface area contributed by atoms with Crippen LogP contribution in [0.1, 0.15) is 31.0 Å². The highest BCUT2D eigenvalue weighted by Crippen LogP contribution is 2.11. The molecule has 0 aliphatic heterocycles. The van der Waals surface area contributed by atoms with Gasteiger partial charge < -0.3 is 19.5 Å². The van der Waals surface area contributed by atoms with Crippen LogP contribution in [0.15, 0.2) is 48.7 Å². The third-order valence-corrected chi connectivity index (χ3v) is 4.37. The molecule has 5 heteroatoms. The second-order valence-electron chi connectivity index (χ2n) is 6.45. The Morgan fingerprint density at radius 1 is 1.19 bits per heavy atom. The summed E-state index contributed by atoms with van der Waals surface area (Å²) in [5.74, 6) is 0.116. The molecule has 0 aliphatic rings. The smallest absolute Gasteiger partial charge is 0.236 e. The Bertz CT molecular complexity index is 640. The summed E-state index contributed by atoms with van der Waals surface area (Å²) >= 11 is 0. The van der Waals surface area contributed by atoms with E-state index >= 15 is 0 Å². The molecular weight excluding hydrogens is 326 g/mol. The Labute approximate surface area is 157 Å². The van der Waals surface area contributed by atoms with Gasteiger partial charge in [-0.1, -0.05) is 43.7 Å². The van der Waals surface area contributed by atoms with Crippen LogP contribution in [0.3, 0.4) is 0 Å². The molecule has 0 aliphatic carbocycles. The summed E-state index contributed by atoms with van der Waals surface area (Å²) in [6.45, 7) is 5.95. The Morgan fingerprint density at radius 2 is 2.00 bits per heavy atom. The summed E-state index contributed by atoms with van der Waals surface area (Å²) in [6, 6.07) is 14.5. The maximum absolute atomic E-state index is 12.6. The summed E-state index contributed by atoms with van der Waals surface area (Å²) in [5.41, 5.74) is 2.38. The first-order valence-electron chi connectivity index (χ1n) is 9.40. The van der Waals surface area contributed by atoms with Crippen LogP contribution in [-0.2, 0) is 22.6 Å². The molecule has 2 aromatic rings. The Hall–Kier alpha value is -2.11. The molecule has 0 bridgehead atoms. The number of carbonyl (C=O) groups excluding carboxylic acids is 1. The van der Waals surface area contributed by atoms with Crippen molar-refractivity contribution in [3.05, 3.63) is 59.9 Å². The fourth-order valence-electron chi connectivity index (χ4n) is 2.83. The van der Waals surface area contributed by atoms with Gasteiger partial charge in [0.25, 0.3) is 0 Å². The standard InChI is InChI=1S/C21H31N3O2/c1-3-4-12-22-16-21(25)24(14-15-26-2)18-20-11-8-13-23(20)17-19-9-6-5-7-10-19/h5-11,13,22H,3-4,12,14-18H2,1-2H3. The highest BCUT2D eigenvalue weighted by Gasteiger charge is 2.15. The number of nitrogens with zero attached hydrogens (tertiary/aromatic N) is 2. The van der Waals surface area contributed by atoms with Crippen molar-refractivity contribution < 1.29 is 9.53 Å². The van der Waals surface area contributed by atoms with Crippen molar-refractivity contribution in [2.24, 2.45) is 0 Å². The fraction of sp³-hybridized carbons (Fsp3) is 0.476. The highest BCUT2D eigenvalue weighted by atomic mass is 16.5. The Morgan fingerprint density at radius 3 is 2.73 bits per heavy atom. The lowest BCUT2D eigenvalue weighted by atomic mass is 10.2. The third-order valence-electron chi connectivity index (χ3n) is 4.37. The van der Waals surface area contributed by atoms with Gasteiger partial charge >= 0.3 is 0 Å². The lowest BCUT2D eigenvalue weighted by molar-refractivity contribution is -0.131. The molecule has 1 aromatic heterocycles. The Balaban J connectivity index is 1.99. The fourth-order valence-corrected chi connectivity index (χ4v) is 2.83. The summed E-state index contributed by atoms with van der Waals surface area (Å²) in [5, 5.41) is 3.24. The molecule has 1 amide bonds. The van der Waals surface area contributed by atoms with E-state index in [1.54, 1.807) is 7.11 Å². The van der Waals surface area contributed by atoms with Gasteiger partial charge in [-0.2, -0.15) is 0 Å². The van der Waals surface area contributed by atoms with Crippen molar-refractivity contribution in [1.82, 2.24) is 14.8 Å². The number of hydrogen-bond donors (Lipinski definition) is 1. The maximum Gasteiger partial charge on any atom is 0.236 e. The van der Waals surface area contributed by atoms with Crippen LogP contribution in [0.2, 0.25) is 0 Å². The van der Waals surface area contributed by atoms with Gasteiger partial charge in [-0.05, 0) is 30.7 Å². The number of unbranched alkanes of at least 4 members (excludes halogenated alkanes) is 1. The van der Waals surface area contributed by atoms with Crippen molar-refractivity contribution in [1.29, 1.82) is 0 Å². The van der Waals surface area contributed by atoms with E-state index in [4.69, 9.17) is 4.74 Å². The SMILES string of the molecule is CCCCNCC(=O)N(CCOC)Cc1cccn1Cc1ccccc1. The van der Waals surface area contributed by atoms with Crippen LogP contribution in [-0.4, -0.2) is 48.7 Å². The van der Waals surface area contributed by atoms with Gasteiger partial charge in [0.15, 0.2) is 0 Å². The molecule has 0 saturated heterocycles. The number of benzene rings is 1. The van der Waals surface area contributed by atoms with E-state index in [0.29, 0.717) is 26.2 Å². The van der Waals surface area contributed by atoms with Gasteiger partial charge in [-0.3, -0.25) is 4.79 Å². The van der Waals surface area contributed by atoms with E-state index < -0.39 is 0 Å². The molecule has 0 radical (unpaired) electrons. The van der Waals surface area contributed by atoms with Gasteiger partial charge in [0.1, 0.15) is 0 Å². The zero-order valence-electron chi connectivity index (χ0n) is 16.0. The number of methoxy groups -OCH3 is 1. The summed E-state index contributed by atoms with van der Waals surface area (Å²) in [4.78, 5) is 14.5. The van der Waals surface area contributed by atoms with Crippen LogP contribution in [0.4, 0.5) is 0 Å². The van der Waals surface area contributed by atoms with Crippen molar-refractivity contribution >= 4 is 5.91 Å². The molecule has 26 heavy (non-hydrogen) atoms. The van der Waals surface area contributed by atoms with E-state index in [-0.39, 0.29) is 5.91 Å². The molecule has 0 fully saturated rings. The maximum atomic E-state index is 12.6. The number of nitrogens with one attached hydrogen (secondary N) is 1. The minimum atomic E-state index is 0.116. The minimum absolute atomic E-state index is 0.116. The molecule has 1 aromatic carbocycles. The minimum Gasteiger partial charge on any atom is -0.383 e. The predicted molar refractivity (Wildman–Crippen MR) is 105 cm³/mol. The molecule has 5 nitrogen and oxygen atoms in total. The van der Waals surface area contributed by atoms with E-state index in [1.165, 1.54) is 5.56 Å². The summed E-state index contributed by atoms with van der Waals surface area (Å²) in [7, 11) is 1.67. The third kappa shape index (κ3) is 6.65. The zero-order chi connectivity index (χ0) is 18.6. The topological polar surface area (TPSA) is 46.5 Å². The number of amides is 1. The average molecular weight is 357 g/mol. The largest absolute Gasteiger partial charge is 0.383 e. The molecular formula is C21H31N3O2. The van der Waals surface area contributed by atoms with E-state index in [0.717, 1.165) is 31.6 Å². The molecule has 0 unspecified atom stereocenters. The average Bonchev–Trinajstić information content (AvgIpc) is 3.09. The monoisotopic (exact) mass is 357 g/mol. The highest BCUT2D eigenvalue weighted by molar-refractivity contribution is 5.78. The summed E-state index contributed by atoms with van der Waals surface area (Å²) in [6.07, 6.45) is 4.29. The molecule has 0 spiro atoms. The lowest BCUT2D eigenvalue weighted by Gasteiger charge is -2.23. The van der Waals surface area contributed by atoms with Gasteiger partial charge in [0.05, 0.1) is 19.7 Å². The van der Waals surface area contributed by atoms with E-state index in [2.05, 4.69) is 53.3 Å². The second-order valence-corrected chi connectivity index (χ2v) is 6.45.